The summed E-state index contributed by atoms with van der Waals surface area (Å²) in [7, 11) is 0. The molecule has 0 atom stereocenters. The molecule has 9 aromatic rings. The molecule has 1 aliphatic carbocycles. The Balaban J connectivity index is 1.33. The first-order valence-corrected chi connectivity index (χ1v) is 26.3. The SMILES string of the molecule is CC(C)(C)c1ccc(N2C3=C(B4c5c(cc(C(C)(C)C)cc52)-c2cc5c6cc(C(C)(C)C)ccc6n(-c6ccccc6)c5c5c6cc(C(C)(C)C)ccc6n4c25)c2cc(C(C)(C)C)ccc2C3(C)C)cc1. The fraction of sp³-hybridized carbons (Fsp3) is 0.343. The third-order valence-electron chi connectivity index (χ3n) is 16.8. The summed E-state index contributed by atoms with van der Waals surface area (Å²) < 4.78 is 5.42. The normalized spacial score (nSPS) is 15.7. The average molecular weight is 930 g/mol. The molecule has 71 heavy (non-hydrogen) atoms. The van der Waals surface area contributed by atoms with Gasteiger partial charge in [-0.15, -0.1) is 0 Å². The Morgan fingerprint density at radius 2 is 0.958 bits per heavy atom. The van der Waals surface area contributed by atoms with Crippen LogP contribution in [-0.4, -0.2) is 15.9 Å². The summed E-state index contributed by atoms with van der Waals surface area (Å²) in [6.07, 6.45) is 0. The van der Waals surface area contributed by atoms with Crippen molar-refractivity contribution in [1.82, 2.24) is 9.05 Å². The van der Waals surface area contributed by atoms with Gasteiger partial charge in [0.1, 0.15) is 0 Å². The van der Waals surface area contributed by atoms with Crippen molar-refractivity contribution < 1.29 is 0 Å². The Bertz CT molecular complexity index is 3780. The second-order valence-electron chi connectivity index (χ2n) is 27.2. The number of hydrogen-bond acceptors (Lipinski definition) is 1. The molecule has 2 aliphatic heterocycles. The van der Waals surface area contributed by atoms with Crippen molar-refractivity contribution in [2.75, 3.05) is 4.90 Å². The van der Waals surface area contributed by atoms with Gasteiger partial charge >= 0.3 is 6.85 Å². The first-order valence-electron chi connectivity index (χ1n) is 26.3. The predicted octanol–water partition coefficient (Wildman–Crippen LogP) is 17.5. The minimum atomic E-state index is -0.310. The largest absolute Gasteiger partial charge is 0.375 e. The highest BCUT2D eigenvalue weighted by molar-refractivity contribution is 6.93. The molecule has 0 saturated heterocycles. The number of nitrogens with zero attached hydrogens (tertiary/aromatic N) is 3. The van der Waals surface area contributed by atoms with Crippen LogP contribution in [-0.2, 0) is 32.5 Å². The zero-order valence-electron chi connectivity index (χ0n) is 45.5. The number of hydrogen-bond donors (Lipinski definition) is 0. The van der Waals surface area contributed by atoms with Crippen LogP contribution in [0.5, 0.6) is 0 Å². The Morgan fingerprint density at radius 1 is 0.423 bits per heavy atom. The third kappa shape index (κ3) is 6.54. The Morgan fingerprint density at radius 3 is 1.56 bits per heavy atom. The lowest BCUT2D eigenvalue weighted by molar-refractivity contribution is 0.586. The molecule has 2 aromatic heterocycles. The number of para-hydroxylation sites is 1. The van der Waals surface area contributed by atoms with Crippen molar-refractivity contribution >= 4 is 72.8 Å². The van der Waals surface area contributed by atoms with Crippen LogP contribution in [0, 0.1) is 0 Å². The first-order chi connectivity index (χ1) is 33.2. The molecule has 0 bridgehead atoms. The van der Waals surface area contributed by atoms with E-state index in [1.54, 1.807) is 0 Å². The molecule has 12 rings (SSSR count). The summed E-state index contributed by atoms with van der Waals surface area (Å²) in [5.41, 5.74) is 24.8. The topological polar surface area (TPSA) is 13.1 Å². The minimum absolute atomic E-state index is 0.0170. The highest BCUT2D eigenvalue weighted by Gasteiger charge is 2.53. The van der Waals surface area contributed by atoms with E-state index in [0.717, 1.165) is 0 Å². The number of benzene rings is 7. The molecule has 3 aliphatic rings. The van der Waals surface area contributed by atoms with Gasteiger partial charge < -0.3 is 13.9 Å². The number of rotatable bonds is 2. The number of anilines is 2. The van der Waals surface area contributed by atoms with E-state index in [2.05, 4.69) is 259 Å². The van der Waals surface area contributed by atoms with E-state index in [1.165, 1.54) is 127 Å². The van der Waals surface area contributed by atoms with Crippen molar-refractivity contribution in [3.63, 3.8) is 0 Å². The van der Waals surface area contributed by atoms with Gasteiger partial charge in [-0.1, -0.05) is 184 Å². The molecule has 0 N–H and O–H groups in total. The quantitative estimate of drug-likeness (QED) is 0.157. The van der Waals surface area contributed by atoms with Gasteiger partial charge in [-0.05, 0) is 143 Å². The van der Waals surface area contributed by atoms with E-state index < -0.39 is 0 Å². The molecule has 3 nitrogen and oxygen atoms in total. The lowest BCUT2D eigenvalue weighted by Gasteiger charge is -2.44. The Hall–Kier alpha value is -6.26. The first kappa shape index (κ1) is 45.9. The lowest BCUT2D eigenvalue weighted by Crippen LogP contribution is -2.50. The molecule has 7 aromatic carbocycles. The third-order valence-corrected chi connectivity index (χ3v) is 16.8. The van der Waals surface area contributed by atoms with Crippen molar-refractivity contribution in [1.29, 1.82) is 0 Å². The maximum Gasteiger partial charge on any atom is 0.333 e. The molecular weight excluding hydrogens is 858 g/mol. The number of fused-ring (bicyclic) bond motifs is 12. The maximum atomic E-state index is 2.83. The fourth-order valence-corrected chi connectivity index (χ4v) is 12.7. The van der Waals surface area contributed by atoms with E-state index in [1.807, 2.05) is 0 Å². The summed E-state index contributed by atoms with van der Waals surface area (Å²) in [4.78, 5) is 2.71. The summed E-state index contributed by atoms with van der Waals surface area (Å²) in [5, 5.41) is 5.27. The zero-order valence-corrected chi connectivity index (χ0v) is 45.5. The lowest BCUT2D eigenvalue weighted by atomic mass is 9.43. The maximum absolute atomic E-state index is 2.83. The van der Waals surface area contributed by atoms with Crippen LogP contribution < -0.4 is 10.4 Å². The minimum Gasteiger partial charge on any atom is -0.375 e. The fourth-order valence-electron chi connectivity index (χ4n) is 12.7. The van der Waals surface area contributed by atoms with Crippen molar-refractivity contribution in [2.45, 2.75) is 150 Å². The van der Waals surface area contributed by atoms with Gasteiger partial charge in [0.15, 0.2) is 0 Å². The molecule has 4 heteroatoms. The second kappa shape index (κ2) is 14.5. The standard InChI is InChI=1S/C67H72BN3/c1-62(2,3)39-23-28-45(29-24-39)70-55-37-43(66(13,14)15)36-47-49-38-48-46-33-41(64(7,8)9)26-31-53(46)69(44-21-19-18-20-22-44)59(48)56-51-35-42(65(10,11)12)27-32-54(51)71(60(49)56)68(57(47)55)58-50-34-40(63(4,5)6)25-30-52(50)67(16,17)61(58)70/h18-38H,1-17H3. The van der Waals surface area contributed by atoms with Crippen molar-refractivity contribution in [2.24, 2.45) is 0 Å². The van der Waals surface area contributed by atoms with Gasteiger partial charge in [0.25, 0.3) is 0 Å². The van der Waals surface area contributed by atoms with Gasteiger partial charge in [0.05, 0.1) is 11.0 Å². The van der Waals surface area contributed by atoms with Crippen LogP contribution in [0.3, 0.4) is 0 Å². The molecule has 0 radical (unpaired) electrons. The molecule has 0 fully saturated rings. The van der Waals surface area contributed by atoms with Gasteiger partial charge in [-0.25, -0.2) is 0 Å². The van der Waals surface area contributed by atoms with Gasteiger partial charge in [0, 0.05) is 66.3 Å². The van der Waals surface area contributed by atoms with Crippen LogP contribution >= 0.6 is 0 Å². The molecule has 0 saturated carbocycles. The molecule has 0 amide bonds. The summed E-state index contributed by atoms with van der Waals surface area (Å²) in [5.74, 6) is 0. The van der Waals surface area contributed by atoms with E-state index in [-0.39, 0.29) is 39.3 Å². The number of aromatic nitrogens is 2. The molecule has 4 heterocycles. The van der Waals surface area contributed by atoms with Crippen molar-refractivity contribution in [3.05, 3.63) is 172 Å². The smallest absolute Gasteiger partial charge is 0.333 e. The highest BCUT2D eigenvalue weighted by Crippen LogP contribution is 2.58. The molecule has 358 valence electrons. The zero-order chi connectivity index (χ0) is 50.4. The van der Waals surface area contributed by atoms with E-state index >= 15 is 0 Å². The predicted molar refractivity (Wildman–Crippen MR) is 308 cm³/mol. The monoisotopic (exact) mass is 930 g/mol. The second-order valence-corrected chi connectivity index (χ2v) is 27.2. The van der Waals surface area contributed by atoms with Crippen molar-refractivity contribution in [3.8, 4) is 16.8 Å². The van der Waals surface area contributed by atoms with Crippen LogP contribution in [0.4, 0.5) is 11.4 Å². The highest BCUT2D eigenvalue weighted by atomic mass is 15.2. The molecular formula is C67H72BN3. The summed E-state index contributed by atoms with van der Waals surface area (Å²) in [6, 6.07) is 50.7. The summed E-state index contributed by atoms with van der Waals surface area (Å²) >= 11 is 0. The molecule has 0 unspecified atom stereocenters. The average Bonchev–Trinajstić information content (AvgIpc) is 3.89. The van der Waals surface area contributed by atoms with Gasteiger partial charge in [0.2, 0.25) is 0 Å². The summed E-state index contributed by atoms with van der Waals surface area (Å²) in [6.45, 7) is 40.3. The van der Waals surface area contributed by atoms with Crippen LogP contribution in [0.2, 0.25) is 0 Å². The Kier molecular flexibility index (Phi) is 9.34. The van der Waals surface area contributed by atoms with Crippen LogP contribution in [0.1, 0.15) is 157 Å². The van der Waals surface area contributed by atoms with Gasteiger partial charge in [-0.2, -0.15) is 0 Å². The van der Waals surface area contributed by atoms with Crippen LogP contribution in [0.15, 0.2) is 133 Å². The van der Waals surface area contributed by atoms with E-state index in [0.29, 0.717) is 0 Å². The Labute approximate surface area is 423 Å². The molecule has 0 spiro atoms. The van der Waals surface area contributed by atoms with Crippen LogP contribution in [0.25, 0.3) is 65.9 Å². The van der Waals surface area contributed by atoms with E-state index in [9.17, 15) is 0 Å². The number of allylic oxidation sites excluding steroid dienone is 1. The van der Waals surface area contributed by atoms with Gasteiger partial charge in [-0.3, -0.25) is 0 Å². The van der Waals surface area contributed by atoms with E-state index in [4.69, 9.17) is 0 Å².